The van der Waals surface area contributed by atoms with E-state index < -0.39 is 0 Å². The topological polar surface area (TPSA) is 34.2 Å². The molecule has 0 radical (unpaired) electrons. The average Bonchev–Trinajstić information content (AvgIpc) is 2.08. The van der Waals surface area contributed by atoms with E-state index in [4.69, 9.17) is 4.74 Å². The summed E-state index contributed by atoms with van der Waals surface area (Å²) < 4.78 is 5.55. The molecule has 0 spiro atoms. The normalized spacial score (nSPS) is 10.5. The van der Waals surface area contributed by atoms with Gasteiger partial charge in [-0.1, -0.05) is 6.07 Å². The smallest absolute Gasteiger partial charge is 0.218 e. The minimum atomic E-state index is 0.172. The van der Waals surface area contributed by atoms with Crippen molar-refractivity contribution in [2.24, 2.45) is 0 Å². The second kappa shape index (κ2) is 4.82. The van der Waals surface area contributed by atoms with Gasteiger partial charge in [0, 0.05) is 18.3 Å². The fraction of sp³-hybridized carbons (Fsp3) is 0.500. The Morgan fingerprint density at radius 3 is 2.92 bits per heavy atom. The van der Waals surface area contributed by atoms with E-state index in [0.717, 1.165) is 18.0 Å². The molecule has 1 aromatic heterocycles. The minimum Gasteiger partial charge on any atom is -0.475 e. The molecule has 0 bridgehead atoms. The lowest BCUT2D eigenvalue weighted by molar-refractivity contribution is 0.229. The lowest BCUT2D eigenvalue weighted by atomic mass is 10.2. The maximum Gasteiger partial charge on any atom is 0.218 e. The first-order chi connectivity index (χ1) is 6.24. The van der Waals surface area contributed by atoms with Crippen LogP contribution in [-0.2, 0) is 6.54 Å². The molecule has 1 rings (SSSR count). The molecule has 0 aliphatic carbocycles. The standard InChI is InChI=1S/C10H16N2O/c1-8(2)13-10-9(7-11-3)5-4-6-12-10/h4-6,8,11H,7H2,1-3H3. The van der Waals surface area contributed by atoms with Crippen LogP contribution in [0.15, 0.2) is 18.3 Å². The van der Waals surface area contributed by atoms with Crippen LogP contribution in [0.5, 0.6) is 5.88 Å². The van der Waals surface area contributed by atoms with E-state index in [9.17, 15) is 0 Å². The van der Waals surface area contributed by atoms with E-state index >= 15 is 0 Å². The Bertz CT molecular complexity index is 261. The SMILES string of the molecule is CNCc1cccnc1OC(C)C. The van der Waals surface area contributed by atoms with Gasteiger partial charge in [0.25, 0.3) is 0 Å². The summed E-state index contributed by atoms with van der Waals surface area (Å²) in [6, 6.07) is 3.93. The highest BCUT2D eigenvalue weighted by atomic mass is 16.5. The maximum atomic E-state index is 5.55. The van der Waals surface area contributed by atoms with Gasteiger partial charge >= 0.3 is 0 Å². The van der Waals surface area contributed by atoms with Gasteiger partial charge in [-0.2, -0.15) is 0 Å². The zero-order valence-electron chi connectivity index (χ0n) is 8.37. The number of rotatable bonds is 4. The Hall–Kier alpha value is -1.09. The van der Waals surface area contributed by atoms with Crippen molar-refractivity contribution >= 4 is 0 Å². The van der Waals surface area contributed by atoms with Gasteiger partial charge in [0.05, 0.1) is 6.10 Å². The molecule has 3 heteroatoms. The molecule has 0 saturated carbocycles. The summed E-state index contributed by atoms with van der Waals surface area (Å²) in [4.78, 5) is 4.18. The Morgan fingerprint density at radius 2 is 2.31 bits per heavy atom. The molecule has 1 N–H and O–H groups in total. The molecule has 0 saturated heterocycles. The van der Waals surface area contributed by atoms with E-state index in [0.29, 0.717) is 0 Å². The monoisotopic (exact) mass is 180 g/mol. The van der Waals surface area contributed by atoms with Crippen LogP contribution in [-0.4, -0.2) is 18.1 Å². The Morgan fingerprint density at radius 1 is 1.54 bits per heavy atom. The third-order valence-corrected chi connectivity index (χ3v) is 1.56. The Balaban J connectivity index is 2.78. The maximum absolute atomic E-state index is 5.55. The third kappa shape index (κ3) is 3.03. The third-order valence-electron chi connectivity index (χ3n) is 1.56. The quantitative estimate of drug-likeness (QED) is 0.764. The Kier molecular flexibility index (Phi) is 3.71. The second-order valence-corrected chi connectivity index (χ2v) is 3.16. The summed E-state index contributed by atoms with van der Waals surface area (Å²) in [6.45, 7) is 4.78. The molecule has 72 valence electrons. The van der Waals surface area contributed by atoms with Gasteiger partial charge in [0.2, 0.25) is 5.88 Å². The van der Waals surface area contributed by atoms with E-state index in [1.807, 2.05) is 33.0 Å². The van der Waals surface area contributed by atoms with Crippen molar-refractivity contribution in [3.05, 3.63) is 23.9 Å². The number of ether oxygens (including phenoxy) is 1. The van der Waals surface area contributed by atoms with Crippen molar-refractivity contribution in [2.75, 3.05) is 7.05 Å². The van der Waals surface area contributed by atoms with Crippen LogP contribution < -0.4 is 10.1 Å². The van der Waals surface area contributed by atoms with Crippen LogP contribution in [0.2, 0.25) is 0 Å². The number of nitrogens with zero attached hydrogens (tertiary/aromatic N) is 1. The fourth-order valence-electron chi connectivity index (χ4n) is 1.08. The molecule has 3 nitrogen and oxygen atoms in total. The first-order valence-corrected chi connectivity index (χ1v) is 4.49. The molecule has 0 atom stereocenters. The van der Waals surface area contributed by atoms with Gasteiger partial charge < -0.3 is 10.1 Å². The van der Waals surface area contributed by atoms with Crippen LogP contribution in [0.3, 0.4) is 0 Å². The van der Waals surface area contributed by atoms with Gasteiger partial charge in [-0.15, -0.1) is 0 Å². The zero-order valence-corrected chi connectivity index (χ0v) is 8.37. The summed E-state index contributed by atoms with van der Waals surface area (Å²) in [5, 5.41) is 3.08. The molecule has 0 aliphatic heterocycles. The van der Waals surface area contributed by atoms with Crippen LogP contribution >= 0.6 is 0 Å². The highest BCUT2D eigenvalue weighted by molar-refractivity contribution is 5.25. The van der Waals surface area contributed by atoms with E-state index in [1.54, 1.807) is 6.20 Å². The van der Waals surface area contributed by atoms with Gasteiger partial charge in [-0.05, 0) is 27.0 Å². The number of hydrogen-bond donors (Lipinski definition) is 1. The summed E-state index contributed by atoms with van der Waals surface area (Å²) in [5.41, 5.74) is 1.10. The van der Waals surface area contributed by atoms with Crippen LogP contribution in [0.4, 0.5) is 0 Å². The number of aromatic nitrogens is 1. The van der Waals surface area contributed by atoms with Crippen molar-refractivity contribution in [3.63, 3.8) is 0 Å². The summed E-state index contributed by atoms with van der Waals surface area (Å²) >= 11 is 0. The summed E-state index contributed by atoms with van der Waals surface area (Å²) in [7, 11) is 1.91. The van der Waals surface area contributed by atoms with E-state index in [-0.39, 0.29) is 6.10 Å². The van der Waals surface area contributed by atoms with Gasteiger partial charge in [0.15, 0.2) is 0 Å². The van der Waals surface area contributed by atoms with Crippen molar-refractivity contribution in [1.82, 2.24) is 10.3 Å². The molecule has 1 aromatic rings. The van der Waals surface area contributed by atoms with Gasteiger partial charge in [-0.25, -0.2) is 4.98 Å². The average molecular weight is 180 g/mol. The number of pyridine rings is 1. The summed E-state index contributed by atoms with van der Waals surface area (Å²) in [5.74, 6) is 0.729. The summed E-state index contributed by atoms with van der Waals surface area (Å²) in [6.07, 6.45) is 1.92. The Labute approximate surface area is 79.1 Å². The van der Waals surface area contributed by atoms with Crippen LogP contribution in [0, 0.1) is 0 Å². The van der Waals surface area contributed by atoms with Crippen LogP contribution in [0.25, 0.3) is 0 Å². The van der Waals surface area contributed by atoms with Crippen molar-refractivity contribution in [2.45, 2.75) is 26.5 Å². The highest BCUT2D eigenvalue weighted by Crippen LogP contribution is 2.14. The predicted octanol–water partition coefficient (Wildman–Crippen LogP) is 1.59. The highest BCUT2D eigenvalue weighted by Gasteiger charge is 2.04. The first-order valence-electron chi connectivity index (χ1n) is 4.49. The van der Waals surface area contributed by atoms with Crippen molar-refractivity contribution < 1.29 is 4.74 Å². The molecular formula is C10H16N2O. The molecule has 13 heavy (non-hydrogen) atoms. The molecule has 0 aromatic carbocycles. The van der Waals surface area contributed by atoms with Gasteiger partial charge in [-0.3, -0.25) is 0 Å². The van der Waals surface area contributed by atoms with E-state index in [2.05, 4.69) is 10.3 Å². The second-order valence-electron chi connectivity index (χ2n) is 3.16. The van der Waals surface area contributed by atoms with E-state index in [1.165, 1.54) is 0 Å². The molecule has 0 amide bonds. The molecular weight excluding hydrogens is 164 g/mol. The zero-order chi connectivity index (χ0) is 9.68. The molecule has 0 unspecified atom stereocenters. The largest absolute Gasteiger partial charge is 0.475 e. The molecule has 0 aliphatic rings. The fourth-order valence-corrected chi connectivity index (χ4v) is 1.08. The van der Waals surface area contributed by atoms with Gasteiger partial charge in [0.1, 0.15) is 0 Å². The van der Waals surface area contributed by atoms with Crippen LogP contribution in [0.1, 0.15) is 19.4 Å². The molecule has 1 heterocycles. The number of nitrogens with one attached hydrogen (secondary N) is 1. The van der Waals surface area contributed by atoms with Crippen molar-refractivity contribution in [3.8, 4) is 5.88 Å². The first kappa shape index (κ1) is 9.99. The van der Waals surface area contributed by atoms with Crippen molar-refractivity contribution in [1.29, 1.82) is 0 Å². The molecule has 0 fully saturated rings. The lowest BCUT2D eigenvalue weighted by Crippen LogP contribution is -2.12. The number of hydrogen-bond acceptors (Lipinski definition) is 3. The predicted molar refractivity (Wildman–Crippen MR) is 52.8 cm³/mol. The lowest BCUT2D eigenvalue weighted by Gasteiger charge is -2.12. The minimum absolute atomic E-state index is 0.172.